The Morgan fingerprint density at radius 1 is 1.11 bits per heavy atom. The van der Waals surface area contributed by atoms with Gasteiger partial charge in [0, 0.05) is 12.6 Å². The van der Waals surface area contributed by atoms with Gasteiger partial charge in [-0.3, -0.25) is 0 Å². The van der Waals surface area contributed by atoms with E-state index in [1.807, 2.05) is 31.2 Å². The summed E-state index contributed by atoms with van der Waals surface area (Å²) >= 11 is 0. The van der Waals surface area contributed by atoms with Crippen LogP contribution < -0.4 is 10.1 Å². The molecule has 0 aliphatic carbocycles. The van der Waals surface area contributed by atoms with Crippen LogP contribution in [-0.2, 0) is 26.2 Å². The highest BCUT2D eigenvalue weighted by molar-refractivity contribution is 7.96. The lowest BCUT2D eigenvalue weighted by molar-refractivity contribution is 0.402. The van der Waals surface area contributed by atoms with E-state index in [9.17, 15) is 16.8 Å². The van der Waals surface area contributed by atoms with Gasteiger partial charge < -0.3 is 10.1 Å². The van der Waals surface area contributed by atoms with Gasteiger partial charge in [0.05, 0.1) is 23.9 Å². The normalized spacial score (nSPS) is 21.5. The number of benzene rings is 2. The number of sulfone groups is 2. The molecule has 1 heterocycles. The Morgan fingerprint density at radius 2 is 1.82 bits per heavy atom. The van der Waals surface area contributed by atoms with E-state index in [0.29, 0.717) is 6.54 Å². The molecule has 2 aromatic carbocycles. The molecule has 152 valence electrons. The maximum Gasteiger partial charge on any atom is 0.187 e. The number of hydrogen-bond acceptors (Lipinski definition) is 6. The summed E-state index contributed by atoms with van der Waals surface area (Å²) in [7, 11) is -5.96. The monoisotopic (exact) mass is 423 g/mol. The molecule has 1 saturated heterocycles. The Hall–Kier alpha value is -1.90. The minimum atomic E-state index is -3.91. The molecular formula is C20H25NO5S2. The summed E-state index contributed by atoms with van der Waals surface area (Å²) in [6.45, 7) is 4.16. The van der Waals surface area contributed by atoms with E-state index in [4.69, 9.17) is 4.74 Å². The first-order valence-corrected chi connectivity index (χ1v) is 12.4. The Balaban J connectivity index is 1.94. The second kappa shape index (κ2) is 7.85. The van der Waals surface area contributed by atoms with Crippen LogP contribution in [0.25, 0.3) is 0 Å². The molecule has 0 spiro atoms. The number of hydrogen-bond donors (Lipinski definition) is 1. The topological polar surface area (TPSA) is 89.5 Å². The third kappa shape index (κ3) is 4.24. The Bertz CT molecular complexity index is 1080. The number of nitrogens with one attached hydrogen (secondary N) is 1. The van der Waals surface area contributed by atoms with Gasteiger partial charge in [0.15, 0.2) is 19.7 Å². The van der Waals surface area contributed by atoms with E-state index in [2.05, 4.69) is 5.32 Å². The highest BCUT2D eigenvalue weighted by atomic mass is 32.2. The molecule has 1 aliphatic heterocycles. The van der Waals surface area contributed by atoms with Crippen molar-refractivity contribution >= 4 is 19.7 Å². The summed E-state index contributed by atoms with van der Waals surface area (Å²) in [6.07, 6.45) is 0. The maximum absolute atomic E-state index is 13.4. The first-order valence-electron chi connectivity index (χ1n) is 9.01. The lowest BCUT2D eigenvalue weighted by Gasteiger charge is -2.21. The summed E-state index contributed by atoms with van der Waals surface area (Å²) in [5, 5.41) is 2.12. The third-order valence-electron chi connectivity index (χ3n) is 5.14. The summed E-state index contributed by atoms with van der Waals surface area (Å²) in [5.41, 5.74) is 2.84. The number of ether oxygens (including phenoxy) is 1. The summed E-state index contributed by atoms with van der Waals surface area (Å²) < 4.78 is 56.5. The van der Waals surface area contributed by atoms with Crippen LogP contribution in [0.5, 0.6) is 5.75 Å². The van der Waals surface area contributed by atoms with E-state index in [1.165, 1.54) is 13.2 Å². The first kappa shape index (κ1) is 20.8. The Kier molecular flexibility index (Phi) is 5.84. The van der Waals surface area contributed by atoms with Crippen LogP contribution in [-0.4, -0.2) is 46.7 Å². The van der Waals surface area contributed by atoms with Gasteiger partial charge in [0.2, 0.25) is 0 Å². The van der Waals surface area contributed by atoms with Gasteiger partial charge in [0.25, 0.3) is 0 Å². The van der Waals surface area contributed by atoms with Gasteiger partial charge in [-0.15, -0.1) is 0 Å². The van der Waals surface area contributed by atoms with Gasteiger partial charge >= 0.3 is 0 Å². The predicted octanol–water partition coefficient (Wildman–Crippen LogP) is 2.04. The molecule has 3 rings (SSSR count). The summed E-state index contributed by atoms with van der Waals surface area (Å²) in [6, 6.07) is 12.0. The largest absolute Gasteiger partial charge is 0.495 e. The van der Waals surface area contributed by atoms with Gasteiger partial charge in [-0.25, -0.2) is 16.8 Å². The molecule has 2 aromatic rings. The molecule has 1 aliphatic rings. The average Bonchev–Trinajstić information content (AvgIpc) is 2.96. The van der Waals surface area contributed by atoms with Gasteiger partial charge in [-0.05, 0) is 42.7 Å². The SMILES string of the molecule is COc1ccc(C)cc1S(=O)(=O)[C@@H]1CS(=O)(=O)C[C@@H]1NCc1ccccc1C. The van der Waals surface area contributed by atoms with E-state index in [1.54, 1.807) is 19.1 Å². The van der Waals surface area contributed by atoms with Crippen LogP contribution in [0.3, 0.4) is 0 Å². The molecule has 0 saturated carbocycles. The summed E-state index contributed by atoms with van der Waals surface area (Å²) in [5.74, 6) is -0.359. The van der Waals surface area contributed by atoms with Crippen molar-refractivity contribution in [1.82, 2.24) is 5.32 Å². The molecule has 28 heavy (non-hydrogen) atoms. The molecule has 1 fully saturated rings. The zero-order valence-electron chi connectivity index (χ0n) is 16.2. The van der Waals surface area contributed by atoms with E-state index in [0.717, 1.165) is 16.7 Å². The van der Waals surface area contributed by atoms with Crippen LogP contribution in [0, 0.1) is 13.8 Å². The highest BCUT2D eigenvalue weighted by Crippen LogP contribution is 2.32. The molecule has 0 amide bonds. The van der Waals surface area contributed by atoms with Gasteiger partial charge in [-0.1, -0.05) is 30.3 Å². The molecule has 0 aromatic heterocycles. The van der Waals surface area contributed by atoms with Crippen molar-refractivity contribution in [3.05, 3.63) is 59.2 Å². The average molecular weight is 424 g/mol. The fourth-order valence-corrected chi connectivity index (χ4v) is 8.49. The molecule has 0 bridgehead atoms. The van der Waals surface area contributed by atoms with Crippen LogP contribution in [0.1, 0.15) is 16.7 Å². The van der Waals surface area contributed by atoms with E-state index in [-0.39, 0.29) is 16.4 Å². The molecule has 1 N–H and O–H groups in total. The first-order chi connectivity index (χ1) is 13.1. The molecule has 6 nitrogen and oxygen atoms in total. The van der Waals surface area contributed by atoms with Crippen molar-refractivity contribution in [3.63, 3.8) is 0 Å². The van der Waals surface area contributed by atoms with E-state index >= 15 is 0 Å². The Morgan fingerprint density at radius 3 is 2.50 bits per heavy atom. The fraction of sp³-hybridized carbons (Fsp3) is 0.400. The lowest BCUT2D eigenvalue weighted by atomic mass is 10.1. The van der Waals surface area contributed by atoms with Crippen molar-refractivity contribution in [2.45, 2.75) is 36.6 Å². The van der Waals surface area contributed by atoms with Gasteiger partial charge in [-0.2, -0.15) is 0 Å². The van der Waals surface area contributed by atoms with Crippen LogP contribution in [0.4, 0.5) is 0 Å². The van der Waals surface area contributed by atoms with Crippen LogP contribution in [0.15, 0.2) is 47.4 Å². The molecule has 0 radical (unpaired) electrons. The zero-order chi connectivity index (χ0) is 20.5. The van der Waals surface area contributed by atoms with Crippen LogP contribution in [0.2, 0.25) is 0 Å². The van der Waals surface area contributed by atoms with Crippen molar-refractivity contribution in [2.24, 2.45) is 0 Å². The quantitative estimate of drug-likeness (QED) is 0.765. The van der Waals surface area contributed by atoms with Crippen molar-refractivity contribution < 1.29 is 21.6 Å². The Labute approximate surface area is 166 Å². The van der Waals surface area contributed by atoms with Crippen molar-refractivity contribution in [2.75, 3.05) is 18.6 Å². The molecule has 8 heteroatoms. The van der Waals surface area contributed by atoms with Gasteiger partial charge in [0.1, 0.15) is 10.6 Å². The number of rotatable bonds is 6. The number of aryl methyl sites for hydroxylation is 2. The lowest BCUT2D eigenvalue weighted by Crippen LogP contribution is -2.43. The third-order valence-corrected chi connectivity index (χ3v) is 9.31. The minimum absolute atomic E-state index is 0.0415. The molecule has 2 atom stereocenters. The second-order valence-electron chi connectivity index (χ2n) is 7.23. The van der Waals surface area contributed by atoms with Crippen LogP contribution >= 0.6 is 0 Å². The molecular weight excluding hydrogens is 398 g/mol. The second-order valence-corrected chi connectivity index (χ2v) is 11.5. The maximum atomic E-state index is 13.4. The standard InChI is InChI=1S/C20H25NO5S2/c1-14-8-9-18(26-3)19(10-14)28(24,25)20-13-27(22,23)12-17(20)21-11-16-7-5-4-6-15(16)2/h4-10,17,20-21H,11-13H2,1-3H3/t17-,20+/m0/s1. The number of methoxy groups -OCH3 is 1. The molecule has 0 unspecified atom stereocenters. The van der Waals surface area contributed by atoms with E-state index < -0.39 is 36.7 Å². The summed E-state index contributed by atoms with van der Waals surface area (Å²) in [4.78, 5) is 0.0415. The predicted molar refractivity (Wildman–Crippen MR) is 109 cm³/mol. The highest BCUT2D eigenvalue weighted by Gasteiger charge is 2.46. The van der Waals surface area contributed by atoms with Crippen molar-refractivity contribution in [3.8, 4) is 5.75 Å². The smallest absolute Gasteiger partial charge is 0.187 e. The zero-order valence-corrected chi connectivity index (χ0v) is 17.8. The fourth-order valence-electron chi connectivity index (χ4n) is 3.53. The van der Waals surface area contributed by atoms with Crippen molar-refractivity contribution in [1.29, 1.82) is 0 Å². The minimum Gasteiger partial charge on any atom is -0.495 e.